The molecule has 12 aromatic rings. The van der Waals surface area contributed by atoms with Crippen molar-refractivity contribution in [2.24, 2.45) is 0 Å². The predicted molar refractivity (Wildman–Crippen MR) is 316 cm³/mol. The Bertz CT molecular complexity index is 4150. The molecule has 0 saturated carbocycles. The van der Waals surface area contributed by atoms with Crippen molar-refractivity contribution < 1.29 is 0 Å². The second-order valence-corrected chi connectivity index (χ2v) is 22.0. The molecule has 0 bridgehead atoms. The highest BCUT2D eigenvalue weighted by Crippen LogP contribution is 2.64. The van der Waals surface area contributed by atoms with Crippen LogP contribution in [0.5, 0.6) is 0 Å². The Morgan fingerprint density at radius 3 is 1.24 bits per heavy atom. The molecule has 356 valence electrons. The molecule has 2 heterocycles. The summed E-state index contributed by atoms with van der Waals surface area (Å²) in [6.45, 7) is 0. The van der Waals surface area contributed by atoms with Crippen molar-refractivity contribution in [2.75, 3.05) is 11.1 Å². The van der Waals surface area contributed by atoms with Gasteiger partial charge in [-0.05, 0) is 137 Å². The summed E-state index contributed by atoms with van der Waals surface area (Å²) in [7, 11) is 0. The van der Waals surface area contributed by atoms with E-state index in [1.54, 1.807) is 11.8 Å². The van der Waals surface area contributed by atoms with E-state index in [0.29, 0.717) is 0 Å². The minimum Gasteiger partial charge on any atom is -0.399 e. The van der Waals surface area contributed by atoms with Crippen LogP contribution in [0, 0.1) is 0 Å². The van der Waals surface area contributed by atoms with Crippen LogP contribution < -0.4 is 11.1 Å². The number of nitrogens with one attached hydrogen (secondary N) is 1. The van der Waals surface area contributed by atoms with Gasteiger partial charge in [0.15, 0.2) is 0 Å². The van der Waals surface area contributed by atoms with Crippen molar-refractivity contribution in [1.82, 2.24) is 0 Å². The molecule has 3 N–H and O–H groups in total. The number of rotatable bonds is 2. The van der Waals surface area contributed by atoms with Crippen molar-refractivity contribution in [3.05, 3.63) is 316 Å². The van der Waals surface area contributed by atoms with Crippen molar-refractivity contribution >= 4 is 73.7 Å². The molecule has 12 aromatic carbocycles. The third-order valence-corrected chi connectivity index (χ3v) is 18.4. The lowest BCUT2D eigenvalue weighted by molar-refractivity contribution is 0.722. The number of anilines is 3. The Morgan fingerprint density at radius 2 is 0.707 bits per heavy atom. The summed E-state index contributed by atoms with van der Waals surface area (Å²) >= 11 is 10.4. The number of nitrogens with two attached hydrogens (primary N) is 1. The maximum absolute atomic E-state index is 6.70. The first-order chi connectivity index (χ1) is 37.0. The minimum absolute atomic E-state index is 0.310. The average Bonchev–Trinajstić information content (AvgIpc) is 3.98. The van der Waals surface area contributed by atoms with Crippen LogP contribution in [0.2, 0.25) is 5.02 Å². The van der Waals surface area contributed by atoms with E-state index in [1.165, 1.54) is 108 Å². The van der Waals surface area contributed by atoms with Gasteiger partial charge in [0.1, 0.15) is 0 Å². The zero-order valence-electron chi connectivity index (χ0n) is 40.7. The highest BCUT2D eigenvalue weighted by atomic mass is 35.5. The normalized spacial score (nSPS) is 13.8. The molecule has 0 saturated heterocycles. The maximum Gasteiger partial charge on any atom is 0.0736 e. The largest absolute Gasteiger partial charge is 0.399 e. The molecule has 0 atom stereocenters. The summed E-state index contributed by atoms with van der Waals surface area (Å²) < 4.78 is 0. The molecule has 0 radical (unpaired) electrons. The molecule has 2 aliphatic carbocycles. The lowest BCUT2D eigenvalue weighted by Crippen LogP contribution is -2.32. The van der Waals surface area contributed by atoms with Crippen molar-refractivity contribution in [3.8, 4) is 22.3 Å². The van der Waals surface area contributed by atoms with Gasteiger partial charge in [0.05, 0.1) is 21.5 Å². The zero-order valence-corrected chi connectivity index (χ0v) is 43.1. The Morgan fingerprint density at radius 1 is 0.320 bits per heavy atom. The molecular formula is C70H47ClN2S2. The average molecular weight is 1020 g/mol. The quantitative estimate of drug-likeness (QED) is 0.169. The second kappa shape index (κ2) is 18.3. The van der Waals surface area contributed by atoms with Crippen LogP contribution in [0.25, 0.3) is 43.8 Å². The number of nitrogen functional groups attached to an aromatic ring is 1. The van der Waals surface area contributed by atoms with Crippen molar-refractivity contribution in [3.63, 3.8) is 0 Å². The number of hydrogen-bond acceptors (Lipinski definition) is 4. The van der Waals surface area contributed by atoms with Gasteiger partial charge in [-0.25, -0.2) is 0 Å². The molecule has 2 aliphatic heterocycles. The van der Waals surface area contributed by atoms with E-state index >= 15 is 0 Å². The molecule has 2 spiro atoms. The Balaban J connectivity index is 0.000000118. The van der Waals surface area contributed by atoms with Crippen LogP contribution in [0.1, 0.15) is 44.5 Å². The van der Waals surface area contributed by atoms with Gasteiger partial charge in [0, 0.05) is 31.0 Å². The SMILES string of the molecule is Clc1cccc2c1Sc1ccccc1C21c2ccccc2-c2ccccc21.Nc1ccc2ccccc2c1.c1ccc2c(c1)Sc1c(Nc3ccc4ccccc4c3)cccc1C21c2ccccc2-c2ccccc21. The van der Waals surface area contributed by atoms with E-state index < -0.39 is 0 Å². The number of halogens is 1. The van der Waals surface area contributed by atoms with Crippen molar-refractivity contribution in [2.45, 2.75) is 30.4 Å². The van der Waals surface area contributed by atoms with Crippen LogP contribution in [-0.4, -0.2) is 0 Å². The number of hydrogen-bond donors (Lipinski definition) is 2. The third-order valence-electron chi connectivity index (χ3n) is 15.5. The first-order valence-electron chi connectivity index (χ1n) is 25.4. The molecule has 0 amide bonds. The standard InChI is InChI=1S/C35H23NS.C25H15ClS.C10H9N/c1-2-11-24-22-25(21-20-23(24)10-1)36-32-18-9-17-31-34(32)37-33-19-8-7-16-30(33)35(31)28-14-5-3-12-26(28)27-13-4-6-15-29(27)35;26-22-14-7-13-21-24(22)27-23-15-6-5-12-20(23)25(21)18-10-3-1-8-16(18)17-9-2-4-11-19(17)25;11-10-6-5-8-3-1-2-4-9(8)7-10/h1-22,36H;1-15H;1-7H,11H2. The summed E-state index contributed by atoms with van der Waals surface area (Å²) in [6, 6.07) is 95.7. The number of fused-ring (bicyclic) bond motifs is 20. The van der Waals surface area contributed by atoms with E-state index in [0.717, 1.165) is 22.1 Å². The minimum atomic E-state index is -0.342. The Labute approximate surface area is 450 Å². The van der Waals surface area contributed by atoms with Gasteiger partial charge >= 0.3 is 0 Å². The first-order valence-corrected chi connectivity index (χ1v) is 27.4. The fourth-order valence-corrected chi connectivity index (χ4v) is 15.2. The highest BCUT2D eigenvalue weighted by molar-refractivity contribution is 8.00. The Kier molecular flexibility index (Phi) is 11.1. The van der Waals surface area contributed by atoms with Crippen LogP contribution >= 0.6 is 35.1 Å². The third kappa shape index (κ3) is 7.12. The fraction of sp³-hybridized carbons (Fsp3) is 0.0286. The first kappa shape index (κ1) is 45.4. The Hall–Kier alpha value is -8.25. The molecule has 0 aromatic heterocycles. The molecule has 0 unspecified atom stereocenters. The van der Waals surface area contributed by atoms with Gasteiger partial charge < -0.3 is 11.1 Å². The summed E-state index contributed by atoms with van der Waals surface area (Å²) in [5.74, 6) is 0. The van der Waals surface area contributed by atoms with E-state index in [1.807, 2.05) is 48.2 Å². The van der Waals surface area contributed by atoms with Crippen LogP contribution in [0.15, 0.2) is 287 Å². The zero-order chi connectivity index (χ0) is 50.1. The number of benzene rings is 12. The fourth-order valence-electron chi connectivity index (χ4n) is 12.5. The molecule has 0 fully saturated rings. The van der Waals surface area contributed by atoms with Crippen LogP contribution in [0.4, 0.5) is 17.1 Å². The summed E-state index contributed by atoms with van der Waals surface area (Å²) in [5, 5.41) is 9.55. The topological polar surface area (TPSA) is 38.0 Å². The van der Waals surface area contributed by atoms with E-state index in [-0.39, 0.29) is 10.8 Å². The van der Waals surface area contributed by atoms with Gasteiger partial charge in [0.2, 0.25) is 0 Å². The smallest absolute Gasteiger partial charge is 0.0736 e. The summed E-state index contributed by atoms with van der Waals surface area (Å²) in [5.41, 5.74) is 24.1. The molecule has 2 nitrogen and oxygen atoms in total. The van der Waals surface area contributed by atoms with Gasteiger partial charge in [-0.2, -0.15) is 0 Å². The van der Waals surface area contributed by atoms with Crippen LogP contribution in [-0.2, 0) is 10.8 Å². The van der Waals surface area contributed by atoms with E-state index in [2.05, 4.69) is 236 Å². The summed E-state index contributed by atoms with van der Waals surface area (Å²) in [6.07, 6.45) is 0. The molecule has 75 heavy (non-hydrogen) atoms. The van der Waals surface area contributed by atoms with Crippen LogP contribution in [0.3, 0.4) is 0 Å². The van der Waals surface area contributed by atoms with Crippen molar-refractivity contribution in [1.29, 1.82) is 0 Å². The molecule has 4 aliphatic rings. The maximum atomic E-state index is 6.70. The predicted octanol–water partition coefficient (Wildman–Crippen LogP) is 19.0. The molecule has 16 rings (SSSR count). The van der Waals surface area contributed by atoms with Gasteiger partial charge in [-0.1, -0.05) is 254 Å². The van der Waals surface area contributed by atoms with E-state index in [9.17, 15) is 0 Å². The second-order valence-electron chi connectivity index (χ2n) is 19.5. The summed E-state index contributed by atoms with van der Waals surface area (Å²) in [4.78, 5) is 5.06. The van der Waals surface area contributed by atoms with Gasteiger partial charge in [0.25, 0.3) is 0 Å². The molecular weight excluding hydrogens is 968 g/mol. The van der Waals surface area contributed by atoms with E-state index in [4.69, 9.17) is 17.3 Å². The monoisotopic (exact) mass is 1010 g/mol. The van der Waals surface area contributed by atoms with Gasteiger partial charge in [-0.15, -0.1) is 0 Å². The highest BCUT2D eigenvalue weighted by Gasteiger charge is 2.52. The van der Waals surface area contributed by atoms with Gasteiger partial charge in [-0.3, -0.25) is 0 Å². The molecule has 5 heteroatoms. The lowest BCUT2D eigenvalue weighted by Gasteiger charge is -2.40. The lowest BCUT2D eigenvalue weighted by atomic mass is 9.67.